The molecule has 1 unspecified atom stereocenters. The van der Waals surface area contributed by atoms with Gasteiger partial charge in [-0.25, -0.2) is 4.39 Å². The van der Waals surface area contributed by atoms with E-state index in [-0.39, 0.29) is 53.4 Å². The highest BCUT2D eigenvalue weighted by molar-refractivity contribution is 9.10. The lowest BCUT2D eigenvalue weighted by atomic mass is 9.86. The van der Waals surface area contributed by atoms with E-state index in [1.165, 1.54) is 0 Å². The Balaban J connectivity index is 1.98. The molecule has 3 rings (SSSR count). The van der Waals surface area contributed by atoms with Crippen LogP contribution in [0.5, 0.6) is 0 Å². The van der Waals surface area contributed by atoms with Gasteiger partial charge in [0.1, 0.15) is 11.6 Å². The Morgan fingerprint density at radius 3 is 2.66 bits per heavy atom. The summed E-state index contributed by atoms with van der Waals surface area (Å²) >= 11 is 3.30. The van der Waals surface area contributed by atoms with Gasteiger partial charge in [0.15, 0.2) is 14.6 Å². The second-order valence-electron chi connectivity index (χ2n) is 12.2. The minimum absolute atomic E-state index is 0.00998. The number of benzene rings is 1. The topological polar surface area (TPSA) is 44.8 Å². The summed E-state index contributed by atoms with van der Waals surface area (Å²) < 4.78 is 34.7. The SMILES string of the molecule is CC#CC[C@H](C)[C@@H](/C=C/[C@@H]1[C@@H](c2cccc(Br)c2F)C(=O)C[C@H]1OC1CCCCO1)O[Si](C)(C)C(C)(C)C. The van der Waals surface area contributed by atoms with Gasteiger partial charge in [-0.1, -0.05) is 52.0 Å². The number of Topliss-reactive ketones (excluding diaryl/α,β-unsaturated/α-hetero) is 1. The van der Waals surface area contributed by atoms with Gasteiger partial charge in [-0.05, 0) is 72.2 Å². The maximum absolute atomic E-state index is 15.3. The Morgan fingerprint density at radius 1 is 1.29 bits per heavy atom. The van der Waals surface area contributed by atoms with Crippen LogP contribution in [0.3, 0.4) is 0 Å². The molecule has 1 saturated heterocycles. The first-order valence-electron chi connectivity index (χ1n) is 13.8. The van der Waals surface area contributed by atoms with Gasteiger partial charge in [-0.2, -0.15) is 0 Å². The maximum Gasteiger partial charge on any atom is 0.192 e. The average Bonchev–Trinajstić information content (AvgIpc) is 3.15. The highest BCUT2D eigenvalue weighted by Crippen LogP contribution is 2.43. The molecular weight excluding hydrogens is 563 g/mol. The van der Waals surface area contributed by atoms with Crippen molar-refractivity contribution < 1.29 is 23.1 Å². The van der Waals surface area contributed by atoms with E-state index >= 15 is 4.39 Å². The van der Waals surface area contributed by atoms with Crippen LogP contribution in [0.25, 0.3) is 0 Å². The predicted octanol–water partition coefficient (Wildman–Crippen LogP) is 8.17. The Kier molecular flexibility index (Phi) is 11.0. The molecular formula is C31H44BrFO4Si. The van der Waals surface area contributed by atoms with Crippen LogP contribution < -0.4 is 0 Å². The van der Waals surface area contributed by atoms with E-state index in [1.54, 1.807) is 18.2 Å². The molecule has 0 amide bonds. The molecule has 38 heavy (non-hydrogen) atoms. The molecule has 0 spiro atoms. The summed E-state index contributed by atoms with van der Waals surface area (Å²) in [5.41, 5.74) is 0.404. The first-order valence-corrected chi connectivity index (χ1v) is 17.5. The average molecular weight is 608 g/mol. The van der Waals surface area contributed by atoms with Crippen LogP contribution in [0.1, 0.15) is 78.2 Å². The van der Waals surface area contributed by atoms with E-state index in [9.17, 15) is 4.79 Å². The number of carbonyl (C=O) groups excluding carboxylic acids is 1. The van der Waals surface area contributed by atoms with Crippen LogP contribution in [-0.2, 0) is 18.7 Å². The third kappa shape index (κ3) is 7.66. The zero-order chi connectivity index (χ0) is 28.1. The van der Waals surface area contributed by atoms with Crippen molar-refractivity contribution in [2.24, 2.45) is 11.8 Å². The van der Waals surface area contributed by atoms with Gasteiger partial charge in [0.25, 0.3) is 0 Å². The lowest BCUT2D eigenvalue weighted by molar-refractivity contribution is -0.191. The molecule has 0 bridgehead atoms. The molecule has 1 aliphatic heterocycles. The molecule has 4 nitrogen and oxygen atoms in total. The van der Waals surface area contributed by atoms with Gasteiger partial charge in [0.2, 0.25) is 0 Å². The highest BCUT2D eigenvalue weighted by Gasteiger charge is 2.45. The van der Waals surface area contributed by atoms with Gasteiger partial charge in [0, 0.05) is 30.9 Å². The second kappa shape index (κ2) is 13.4. The van der Waals surface area contributed by atoms with Gasteiger partial charge >= 0.3 is 0 Å². The molecule has 0 N–H and O–H groups in total. The molecule has 1 aromatic carbocycles. The normalized spacial score (nSPS) is 26.3. The van der Waals surface area contributed by atoms with E-state index in [0.29, 0.717) is 23.1 Å². The molecule has 210 valence electrons. The zero-order valence-electron chi connectivity index (χ0n) is 24.0. The van der Waals surface area contributed by atoms with Gasteiger partial charge in [-0.15, -0.1) is 11.8 Å². The minimum Gasteiger partial charge on any atom is -0.410 e. The number of hydrogen-bond donors (Lipinski definition) is 0. The smallest absolute Gasteiger partial charge is 0.192 e. The van der Waals surface area contributed by atoms with Crippen LogP contribution in [0, 0.1) is 29.5 Å². The van der Waals surface area contributed by atoms with Crippen molar-refractivity contribution in [2.45, 2.75) is 109 Å². The van der Waals surface area contributed by atoms with E-state index in [4.69, 9.17) is 13.9 Å². The second-order valence-corrected chi connectivity index (χ2v) is 17.8. The molecule has 1 heterocycles. The first-order chi connectivity index (χ1) is 17.9. The van der Waals surface area contributed by atoms with Crippen molar-refractivity contribution in [3.8, 4) is 11.8 Å². The van der Waals surface area contributed by atoms with E-state index in [2.05, 4.69) is 80.7 Å². The molecule has 6 atom stereocenters. The summed E-state index contributed by atoms with van der Waals surface area (Å²) in [6.07, 6.45) is 7.06. The molecule has 2 aliphatic rings. The number of hydrogen-bond acceptors (Lipinski definition) is 4. The van der Waals surface area contributed by atoms with Gasteiger partial charge < -0.3 is 13.9 Å². The van der Waals surface area contributed by atoms with E-state index in [0.717, 1.165) is 19.3 Å². The fraction of sp³-hybridized carbons (Fsp3) is 0.645. The van der Waals surface area contributed by atoms with Crippen molar-refractivity contribution in [3.63, 3.8) is 0 Å². The van der Waals surface area contributed by atoms with E-state index in [1.807, 2.05) is 6.92 Å². The van der Waals surface area contributed by atoms with Crippen molar-refractivity contribution in [1.82, 2.24) is 0 Å². The molecule has 1 aliphatic carbocycles. The Bertz CT molecular complexity index is 1050. The summed E-state index contributed by atoms with van der Waals surface area (Å²) in [6.45, 7) is 15.8. The third-order valence-corrected chi connectivity index (χ3v) is 13.4. The van der Waals surface area contributed by atoms with Gasteiger partial charge in [0.05, 0.1) is 22.6 Å². The summed E-state index contributed by atoms with van der Waals surface area (Å²) in [4.78, 5) is 13.4. The summed E-state index contributed by atoms with van der Waals surface area (Å²) in [5, 5.41) is 0.0461. The molecule has 7 heteroatoms. The Labute approximate surface area is 238 Å². The van der Waals surface area contributed by atoms with Crippen LogP contribution in [0.4, 0.5) is 4.39 Å². The summed E-state index contributed by atoms with van der Waals surface area (Å²) in [5.74, 6) is 5.00. The van der Waals surface area contributed by atoms with Crippen molar-refractivity contribution >= 4 is 30.0 Å². The summed E-state index contributed by atoms with van der Waals surface area (Å²) in [6, 6.07) is 5.16. The number of carbonyl (C=O) groups is 1. The van der Waals surface area contributed by atoms with Crippen molar-refractivity contribution in [3.05, 3.63) is 46.2 Å². The predicted molar refractivity (Wildman–Crippen MR) is 157 cm³/mol. The molecule has 0 aromatic heterocycles. The molecule has 1 aromatic rings. The summed E-state index contributed by atoms with van der Waals surface area (Å²) in [7, 11) is -2.09. The van der Waals surface area contributed by atoms with Crippen molar-refractivity contribution in [2.75, 3.05) is 6.61 Å². The zero-order valence-corrected chi connectivity index (χ0v) is 26.6. The fourth-order valence-electron chi connectivity index (χ4n) is 4.90. The lowest BCUT2D eigenvalue weighted by Crippen LogP contribution is -2.45. The van der Waals surface area contributed by atoms with Crippen LogP contribution in [-0.4, -0.2) is 39.2 Å². The number of ketones is 1. The molecule has 0 radical (unpaired) electrons. The van der Waals surface area contributed by atoms with Crippen molar-refractivity contribution in [1.29, 1.82) is 0 Å². The Hall–Kier alpha value is -1.30. The number of rotatable bonds is 9. The van der Waals surface area contributed by atoms with Crippen LogP contribution >= 0.6 is 15.9 Å². The monoisotopic (exact) mass is 606 g/mol. The molecule has 2 fully saturated rings. The largest absolute Gasteiger partial charge is 0.410 e. The number of halogens is 2. The third-order valence-electron chi connectivity index (χ3n) is 8.27. The first kappa shape index (κ1) is 31.2. The standard InChI is InChI=1S/C31H44BrFO4Si/c1-8-9-13-21(2)26(37-38(6,7)31(3,4)5)18-17-22-27(36-28-16-10-11-19-35-28)20-25(34)29(22)23-14-12-15-24(32)30(23)33/h12,14-15,17-18,21-22,26-29H,10-11,13,16,19-20H2,1-7H3/b18-17+/t21-,22-,26+,27+,28?,29-/m0/s1. The fourth-order valence-corrected chi connectivity index (χ4v) is 6.62. The minimum atomic E-state index is -2.09. The van der Waals surface area contributed by atoms with Gasteiger partial charge in [-0.3, -0.25) is 4.79 Å². The quantitative estimate of drug-likeness (QED) is 0.161. The van der Waals surface area contributed by atoms with Crippen LogP contribution in [0.15, 0.2) is 34.8 Å². The lowest BCUT2D eigenvalue weighted by Gasteiger charge is -2.40. The Morgan fingerprint density at radius 2 is 2.03 bits per heavy atom. The molecule has 1 saturated carbocycles. The highest BCUT2D eigenvalue weighted by atomic mass is 79.9. The maximum atomic E-state index is 15.3. The van der Waals surface area contributed by atoms with Crippen LogP contribution in [0.2, 0.25) is 18.1 Å². The van der Waals surface area contributed by atoms with E-state index < -0.39 is 14.2 Å². The number of ether oxygens (including phenoxy) is 2.